The van der Waals surface area contributed by atoms with Crippen LogP contribution in [0.15, 0.2) is 4.99 Å². The lowest BCUT2D eigenvalue weighted by molar-refractivity contribution is -0.122. The molecule has 0 unspecified atom stereocenters. The molecule has 1 rings (SSSR count). The monoisotopic (exact) mass is 194 g/mol. The van der Waals surface area contributed by atoms with Crippen LogP contribution in [0.5, 0.6) is 0 Å². The highest BCUT2D eigenvalue weighted by molar-refractivity contribution is 5.82. The molecule has 0 amide bonds. The van der Waals surface area contributed by atoms with Crippen LogP contribution in [0.3, 0.4) is 0 Å². The number of halogens is 3. The maximum Gasteiger partial charge on any atom is 0.405 e. The van der Waals surface area contributed by atoms with Crippen LogP contribution in [-0.4, -0.2) is 25.1 Å². The zero-order valence-corrected chi connectivity index (χ0v) is 7.32. The summed E-state index contributed by atoms with van der Waals surface area (Å²) in [6.07, 6.45) is -0.521. The van der Waals surface area contributed by atoms with Gasteiger partial charge in [-0.15, -0.1) is 0 Å². The molecule has 0 aromatic heterocycles. The molecular weight excluding hydrogens is 181 g/mol. The van der Waals surface area contributed by atoms with Gasteiger partial charge >= 0.3 is 6.18 Å². The minimum absolute atomic E-state index is 0.509. The van der Waals surface area contributed by atoms with Crippen molar-refractivity contribution in [1.29, 1.82) is 0 Å². The fraction of sp³-hybridized carbons (Fsp3) is 0.875. The van der Waals surface area contributed by atoms with Crippen molar-refractivity contribution in [3.8, 4) is 0 Å². The Labute approximate surface area is 75.2 Å². The number of rotatable bonds is 1. The van der Waals surface area contributed by atoms with E-state index in [2.05, 4.69) is 10.3 Å². The normalized spacial score (nSPS) is 19.2. The van der Waals surface area contributed by atoms with Gasteiger partial charge in [-0.3, -0.25) is 4.99 Å². The topological polar surface area (TPSA) is 24.4 Å². The first-order valence-electron chi connectivity index (χ1n) is 4.42. The molecule has 0 fully saturated rings. The maximum atomic E-state index is 11.8. The number of nitrogens with one attached hydrogen (secondary N) is 1. The second-order valence-electron chi connectivity index (χ2n) is 3.11. The maximum absolute atomic E-state index is 11.8. The second kappa shape index (κ2) is 4.48. The highest BCUT2D eigenvalue weighted by Gasteiger charge is 2.27. The van der Waals surface area contributed by atoms with E-state index in [-0.39, 0.29) is 0 Å². The van der Waals surface area contributed by atoms with E-state index in [0.29, 0.717) is 18.8 Å². The summed E-state index contributed by atoms with van der Waals surface area (Å²) < 4.78 is 35.4. The van der Waals surface area contributed by atoms with E-state index in [9.17, 15) is 13.2 Å². The average molecular weight is 194 g/mol. The van der Waals surface area contributed by atoms with Crippen molar-refractivity contribution in [3.63, 3.8) is 0 Å². The predicted molar refractivity (Wildman–Crippen MR) is 44.8 cm³/mol. The van der Waals surface area contributed by atoms with Crippen LogP contribution in [0.25, 0.3) is 0 Å². The second-order valence-corrected chi connectivity index (χ2v) is 3.11. The van der Waals surface area contributed by atoms with Crippen LogP contribution in [-0.2, 0) is 0 Å². The molecule has 0 atom stereocenters. The van der Waals surface area contributed by atoms with Gasteiger partial charge in [0.1, 0.15) is 6.54 Å². The molecule has 0 aromatic rings. The lowest BCUT2D eigenvalue weighted by Gasteiger charge is -2.10. The van der Waals surface area contributed by atoms with Crippen molar-refractivity contribution >= 4 is 5.84 Å². The van der Waals surface area contributed by atoms with Crippen molar-refractivity contribution in [1.82, 2.24) is 5.32 Å². The van der Waals surface area contributed by atoms with E-state index < -0.39 is 12.7 Å². The third-order valence-electron chi connectivity index (χ3n) is 1.87. The zero-order valence-electron chi connectivity index (χ0n) is 7.32. The number of aliphatic imine (C=N–C) groups is 1. The molecule has 1 aliphatic heterocycles. The Bertz CT molecular complexity index is 186. The molecule has 0 aliphatic carbocycles. The standard InChI is InChI=1S/C8H13F3N2/c9-8(10,11)6-13-7-4-2-1-3-5-12-7/h1-6H2,(H,12,13). The zero-order chi connectivity index (χ0) is 9.73. The smallest absolute Gasteiger partial charge is 0.365 e. The van der Waals surface area contributed by atoms with Crippen molar-refractivity contribution < 1.29 is 13.2 Å². The summed E-state index contributed by atoms with van der Waals surface area (Å²) >= 11 is 0. The van der Waals surface area contributed by atoms with Crippen molar-refractivity contribution in [2.75, 3.05) is 13.1 Å². The minimum atomic E-state index is -4.14. The van der Waals surface area contributed by atoms with Crippen LogP contribution < -0.4 is 5.32 Å². The molecule has 13 heavy (non-hydrogen) atoms. The molecule has 0 spiro atoms. The summed E-state index contributed by atoms with van der Waals surface area (Å²) in [5.74, 6) is 0.509. The Balaban J connectivity index is 2.30. The van der Waals surface area contributed by atoms with Gasteiger partial charge in [0.2, 0.25) is 0 Å². The first-order chi connectivity index (χ1) is 6.08. The average Bonchev–Trinajstić information content (AvgIpc) is 2.26. The van der Waals surface area contributed by atoms with Gasteiger partial charge in [0.15, 0.2) is 0 Å². The summed E-state index contributed by atoms with van der Waals surface area (Å²) in [6, 6.07) is 0. The Hall–Kier alpha value is -0.740. The molecule has 0 saturated carbocycles. The highest BCUT2D eigenvalue weighted by Crippen LogP contribution is 2.13. The van der Waals surface area contributed by atoms with Crippen LogP contribution in [0, 0.1) is 0 Å². The molecule has 76 valence electrons. The Morgan fingerprint density at radius 3 is 2.69 bits per heavy atom. The summed E-state index contributed by atoms with van der Waals surface area (Å²) in [5, 5.41) is 2.33. The van der Waals surface area contributed by atoms with E-state index in [1.807, 2.05) is 0 Å². The van der Waals surface area contributed by atoms with Crippen LogP contribution >= 0.6 is 0 Å². The van der Waals surface area contributed by atoms with Gasteiger partial charge in [-0.2, -0.15) is 13.2 Å². The Kier molecular flexibility index (Phi) is 3.57. The third-order valence-corrected chi connectivity index (χ3v) is 1.87. The molecule has 0 radical (unpaired) electrons. The van der Waals surface area contributed by atoms with Crippen LogP contribution in [0.1, 0.15) is 25.7 Å². The van der Waals surface area contributed by atoms with Gasteiger partial charge in [0.05, 0.1) is 5.84 Å². The van der Waals surface area contributed by atoms with Gasteiger partial charge in [0.25, 0.3) is 0 Å². The van der Waals surface area contributed by atoms with E-state index in [0.717, 1.165) is 19.3 Å². The first kappa shape index (κ1) is 10.3. The molecule has 0 saturated heterocycles. The van der Waals surface area contributed by atoms with E-state index in [4.69, 9.17) is 0 Å². The number of alkyl halides is 3. The Morgan fingerprint density at radius 1 is 1.23 bits per heavy atom. The third kappa shape index (κ3) is 4.75. The number of amidine groups is 1. The van der Waals surface area contributed by atoms with E-state index in [1.165, 1.54) is 0 Å². The molecule has 1 N–H and O–H groups in total. The summed E-state index contributed by atoms with van der Waals surface area (Å²) in [6.45, 7) is -0.313. The van der Waals surface area contributed by atoms with Crippen molar-refractivity contribution in [2.24, 2.45) is 4.99 Å². The number of hydrogen-bond donors (Lipinski definition) is 1. The number of hydrogen-bond acceptors (Lipinski definition) is 2. The molecule has 0 bridgehead atoms. The quantitative estimate of drug-likeness (QED) is 0.679. The molecule has 2 nitrogen and oxygen atoms in total. The van der Waals surface area contributed by atoms with Gasteiger partial charge in [-0.25, -0.2) is 0 Å². The summed E-state index contributed by atoms with van der Waals surface area (Å²) in [4.78, 5) is 4.03. The first-order valence-corrected chi connectivity index (χ1v) is 4.42. The van der Waals surface area contributed by atoms with Crippen LogP contribution in [0.4, 0.5) is 13.2 Å². The highest BCUT2D eigenvalue weighted by atomic mass is 19.4. The fourth-order valence-corrected chi connectivity index (χ4v) is 1.22. The van der Waals surface area contributed by atoms with Crippen molar-refractivity contribution in [3.05, 3.63) is 0 Å². The lowest BCUT2D eigenvalue weighted by atomic mass is 10.2. The molecule has 1 aliphatic rings. The minimum Gasteiger partial charge on any atom is -0.365 e. The van der Waals surface area contributed by atoms with Gasteiger partial charge in [0, 0.05) is 13.0 Å². The molecule has 1 heterocycles. The largest absolute Gasteiger partial charge is 0.405 e. The predicted octanol–water partition coefficient (Wildman–Crippen LogP) is 2.11. The SMILES string of the molecule is FC(F)(F)CNC1=NCCCCC1. The van der Waals surface area contributed by atoms with Crippen molar-refractivity contribution in [2.45, 2.75) is 31.9 Å². The van der Waals surface area contributed by atoms with Crippen LogP contribution in [0.2, 0.25) is 0 Å². The van der Waals surface area contributed by atoms with Gasteiger partial charge < -0.3 is 5.32 Å². The van der Waals surface area contributed by atoms with Gasteiger partial charge in [-0.05, 0) is 12.8 Å². The van der Waals surface area contributed by atoms with E-state index >= 15 is 0 Å². The fourth-order valence-electron chi connectivity index (χ4n) is 1.22. The number of nitrogens with zero attached hydrogens (tertiary/aromatic N) is 1. The van der Waals surface area contributed by atoms with E-state index in [1.54, 1.807) is 0 Å². The molecule has 5 heteroatoms. The van der Waals surface area contributed by atoms with Gasteiger partial charge in [-0.1, -0.05) is 6.42 Å². The summed E-state index contributed by atoms with van der Waals surface area (Å²) in [5.41, 5.74) is 0. The summed E-state index contributed by atoms with van der Waals surface area (Å²) in [7, 11) is 0. The molecular formula is C8H13F3N2. The Morgan fingerprint density at radius 2 is 2.00 bits per heavy atom. The molecule has 0 aromatic carbocycles. The lowest BCUT2D eigenvalue weighted by Crippen LogP contribution is -2.33.